The SMILES string of the molecule is C#CC(=O)NNC(=O)C=C. The zero-order valence-corrected chi connectivity index (χ0v) is 5.18. The zero-order valence-electron chi connectivity index (χ0n) is 5.18. The van der Waals surface area contributed by atoms with Gasteiger partial charge in [-0.05, 0) is 12.0 Å². The number of hydrogen-bond acceptors (Lipinski definition) is 2. The van der Waals surface area contributed by atoms with Crippen molar-refractivity contribution in [2.45, 2.75) is 0 Å². The third kappa shape index (κ3) is 3.27. The van der Waals surface area contributed by atoms with Crippen LogP contribution in [0.5, 0.6) is 0 Å². The minimum Gasteiger partial charge on any atom is -0.268 e. The van der Waals surface area contributed by atoms with Crippen molar-refractivity contribution in [3.8, 4) is 12.3 Å². The summed E-state index contributed by atoms with van der Waals surface area (Å²) < 4.78 is 0. The van der Waals surface area contributed by atoms with Gasteiger partial charge < -0.3 is 0 Å². The average Bonchev–Trinajstić information content (AvgIpc) is 1.99. The number of terminal acetylenes is 1. The highest BCUT2D eigenvalue weighted by Gasteiger charge is 1.94. The van der Waals surface area contributed by atoms with Crippen molar-refractivity contribution in [2.24, 2.45) is 0 Å². The molecule has 0 aromatic carbocycles. The first-order chi connectivity index (χ1) is 4.70. The van der Waals surface area contributed by atoms with Gasteiger partial charge in [-0.25, -0.2) is 0 Å². The maximum atomic E-state index is 10.3. The first-order valence-electron chi connectivity index (χ1n) is 2.39. The van der Waals surface area contributed by atoms with Crippen LogP contribution in [0.3, 0.4) is 0 Å². The smallest absolute Gasteiger partial charge is 0.268 e. The van der Waals surface area contributed by atoms with Crippen molar-refractivity contribution in [2.75, 3.05) is 0 Å². The number of hydrazine groups is 1. The molecule has 0 rings (SSSR count). The molecule has 4 nitrogen and oxygen atoms in total. The summed E-state index contributed by atoms with van der Waals surface area (Å²) in [7, 11) is 0. The van der Waals surface area contributed by atoms with Gasteiger partial charge >= 0.3 is 5.91 Å². The molecule has 2 amide bonds. The number of carbonyl (C=O) groups excluding carboxylic acids is 2. The highest BCUT2D eigenvalue weighted by molar-refractivity contribution is 5.95. The molecule has 0 saturated heterocycles. The summed E-state index contributed by atoms with van der Waals surface area (Å²) in [6, 6.07) is 0. The van der Waals surface area contributed by atoms with Gasteiger partial charge in [-0.15, -0.1) is 6.42 Å². The number of hydrogen-bond donors (Lipinski definition) is 2. The summed E-state index contributed by atoms with van der Waals surface area (Å²) in [4.78, 5) is 20.6. The van der Waals surface area contributed by atoms with Crippen molar-refractivity contribution in [3.05, 3.63) is 12.7 Å². The van der Waals surface area contributed by atoms with Crippen LogP contribution in [0.15, 0.2) is 12.7 Å². The molecule has 0 bridgehead atoms. The van der Waals surface area contributed by atoms with Gasteiger partial charge in [0.15, 0.2) is 0 Å². The van der Waals surface area contributed by atoms with Crippen molar-refractivity contribution < 1.29 is 9.59 Å². The van der Waals surface area contributed by atoms with E-state index < -0.39 is 11.8 Å². The molecule has 0 aliphatic heterocycles. The number of amides is 2. The van der Waals surface area contributed by atoms with Gasteiger partial charge in [0.1, 0.15) is 0 Å². The van der Waals surface area contributed by atoms with Gasteiger partial charge in [0, 0.05) is 0 Å². The summed E-state index contributed by atoms with van der Waals surface area (Å²) in [5, 5.41) is 0. The van der Waals surface area contributed by atoms with Crippen LogP contribution in [0.25, 0.3) is 0 Å². The lowest BCUT2D eigenvalue weighted by Crippen LogP contribution is -2.39. The molecular weight excluding hydrogens is 132 g/mol. The number of nitrogens with one attached hydrogen (secondary N) is 2. The van der Waals surface area contributed by atoms with Gasteiger partial charge in [-0.3, -0.25) is 20.4 Å². The maximum Gasteiger partial charge on any atom is 0.314 e. The number of carbonyl (C=O) groups is 2. The van der Waals surface area contributed by atoms with Crippen LogP contribution in [0, 0.1) is 12.3 Å². The maximum absolute atomic E-state index is 10.3. The van der Waals surface area contributed by atoms with E-state index in [0.29, 0.717) is 0 Å². The minimum atomic E-state index is -0.699. The van der Waals surface area contributed by atoms with Gasteiger partial charge in [0.2, 0.25) is 0 Å². The second-order valence-electron chi connectivity index (χ2n) is 1.29. The van der Waals surface area contributed by atoms with E-state index in [1.165, 1.54) is 0 Å². The largest absolute Gasteiger partial charge is 0.314 e. The van der Waals surface area contributed by atoms with Crippen LogP contribution in [0.1, 0.15) is 0 Å². The van der Waals surface area contributed by atoms with Crippen molar-refractivity contribution in [1.29, 1.82) is 0 Å². The van der Waals surface area contributed by atoms with E-state index in [2.05, 4.69) is 13.0 Å². The van der Waals surface area contributed by atoms with Crippen LogP contribution in [0.2, 0.25) is 0 Å². The van der Waals surface area contributed by atoms with E-state index >= 15 is 0 Å². The molecule has 0 radical (unpaired) electrons. The molecule has 0 aromatic rings. The number of rotatable bonds is 1. The predicted octanol–water partition coefficient (Wildman–Crippen LogP) is -1.05. The highest BCUT2D eigenvalue weighted by Crippen LogP contribution is 1.61. The lowest BCUT2D eigenvalue weighted by molar-refractivity contribution is -0.123. The quantitative estimate of drug-likeness (QED) is 0.276. The third-order valence-corrected chi connectivity index (χ3v) is 0.616. The second-order valence-corrected chi connectivity index (χ2v) is 1.29. The lowest BCUT2D eigenvalue weighted by Gasteiger charge is -1.97. The Hall–Kier alpha value is -1.76. The zero-order chi connectivity index (χ0) is 7.98. The molecule has 0 saturated carbocycles. The standard InChI is InChI=1S/C6H6N2O2/c1-3-5(9)7-8-6(10)4-2/h1,4H,2H2,(H,7,9)(H,8,10). The first kappa shape index (κ1) is 8.24. The first-order valence-corrected chi connectivity index (χ1v) is 2.39. The minimum absolute atomic E-state index is 0.511. The van der Waals surface area contributed by atoms with E-state index in [4.69, 9.17) is 0 Å². The van der Waals surface area contributed by atoms with E-state index in [0.717, 1.165) is 6.08 Å². The summed E-state index contributed by atoms with van der Waals surface area (Å²) in [6.45, 7) is 3.15. The Morgan fingerprint density at radius 3 is 2.50 bits per heavy atom. The van der Waals surface area contributed by atoms with Gasteiger partial charge in [0.25, 0.3) is 5.91 Å². The molecule has 0 unspecified atom stereocenters. The summed E-state index contributed by atoms with van der Waals surface area (Å²) >= 11 is 0. The highest BCUT2D eigenvalue weighted by atomic mass is 16.2. The van der Waals surface area contributed by atoms with E-state index in [9.17, 15) is 9.59 Å². The molecule has 0 atom stereocenters. The fraction of sp³-hybridized carbons (Fsp3) is 0. The van der Waals surface area contributed by atoms with Crippen LogP contribution in [-0.4, -0.2) is 11.8 Å². The monoisotopic (exact) mass is 138 g/mol. The Kier molecular flexibility index (Phi) is 3.42. The molecule has 4 heteroatoms. The fourth-order valence-corrected chi connectivity index (χ4v) is 0.205. The molecular formula is C6H6N2O2. The van der Waals surface area contributed by atoms with Crippen LogP contribution < -0.4 is 10.9 Å². The topological polar surface area (TPSA) is 58.2 Å². The van der Waals surface area contributed by atoms with Gasteiger partial charge in [-0.2, -0.15) is 0 Å². The van der Waals surface area contributed by atoms with Crippen molar-refractivity contribution in [1.82, 2.24) is 10.9 Å². The molecule has 0 aliphatic carbocycles. The normalized spacial score (nSPS) is 7.10. The van der Waals surface area contributed by atoms with Crippen LogP contribution in [-0.2, 0) is 9.59 Å². The molecule has 10 heavy (non-hydrogen) atoms. The molecule has 0 fully saturated rings. The fourth-order valence-electron chi connectivity index (χ4n) is 0.205. The van der Waals surface area contributed by atoms with Crippen molar-refractivity contribution in [3.63, 3.8) is 0 Å². The van der Waals surface area contributed by atoms with Crippen molar-refractivity contribution >= 4 is 11.8 Å². The Labute approximate surface area is 58.3 Å². The summed E-state index contributed by atoms with van der Waals surface area (Å²) in [5.74, 6) is 0.536. The second kappa shape index (κ2) is 4.15. The average molecular weight is 138 g/mol. The van der Waals surface area contributed by atoms with E-state index in [1.54, 1.807) is 5.92 Å². The van der Waals surface area contributed by atoms with E-state index in [-0.39, 0.29) is 0 Å². The Balaban J connectivity index is 3.57. The summed E-state index contributed by atoms with van der Waals surface area (Å²) in [6.07, 6.45) is 5.67. The van der Waals surface area contributed by atoms with E-state index in [1.807, 2.05) is 10.9 Å². The molecule has 0 spiro atoms. The Bertz CT molecular complexity index is 202. The molecule has 0 aliphatic rings. The lowest BCUT2D eigenvalue weighted by atomic mass is 10.6. The predicted molar refractivity (Wildman–Crippen MR) is 35.3 cm³/mol. The molecule has 0 heterocycles. The Morgan fingerprint density at radius 1 is 1.50 bits per heavy atom. The third-order valence-electron chi connectivity index (χ3n) is 0.616. The van der Waals surface area contributed by atoms with Crippen LogP contribution >= 0.6 is 0 Å². The molecule has 0 aromatic heterocycles. The molecule has 2 N–H and O–H groups in total. The van der Waals surface area contributed by atoms with Crippen LogP contribution in [0.4, 0.5) is 0 Å². The molecule has 52 valence electrons. The van der Waals surface area contributed by atoms with Gasteiger partial charge in [-0.1, -0.05) is 6.58 Å². The van der Waals surface area contributed by atoms with Gasteiger partial charge in [0.05, 0.1) is 0 Å². The summed E-state index contributed by atoms with van der Waals surface area (Å²) in [5.41, 5.74) is 3.92. The Morgan fingerprint density at radius 2 is 2.10 bits per heavy atom.